The molecular formula is C16H15NO3. The molecule has 0 saturated carbocycles. The number of aromatic carboxylic acids is 1. The molecule has 2 aromatic carbocycles. The number of anilines is 1. The molecule has 0 radical (unpaired) electrons. The average molecular weight is 269 g/mol. The summed E-state index contributed by atoms with van der Waals surface area (Å²) in [6.07, 6.45) is 0. The molecule has 0 fully saturated rings. The molecule has 0 aliphatic heterocycles. The predicted molar refractivity (Wildman–Crippen MR) is 77.3 cm³/mol. The number of hydrogen-bond acceptors (Lipinski definition) is 2. The van der Waals surface area contributed by atoms with Gasteiger partial charge in [-0.25, -0.2) is 4.79 Å². The van der Waals surface area contributed by atoms with Crippen LogP contribution in [0.5, 0.6) is 0 Å². The van der Waals surface area contributed by atoms with Crippen LogP contribution in [-0.2, 0) is 0 Å². The van der Waals surface area contributed by atoms with Gasteiger partial charge in [-0.1, -0.05) is 18.2 Å². The molecule has 0 bridgehead atoms. The van der Waals surface area contributed by atoms with Crippen LogP contribution < -0.4 is 4.90 Å². The van der Waals surface area contributed by atoms with Crippen molar-refractivity contribution in [3.63, 3.8) is 0 Å². The Morgan fingerprint density at radius 1 is 0.950 bits per heavy atom. The maximum absolute atomic E-state index is 12.4. The Morgan fingerprint density at radius 3 is 2.05 bits per heavy atom. The number of benzene rings is 2. The Morgan fingerprint density at radius 2 is 1.50 bits per heavy atom. The van der Waals surface area contributed by atoms with Crippen molar-refractivity contribution in [3.05, 3.63) is 65.2 Å². The third kappa shape index (κ3) is 2.69. The number of para-hydroxylation sites is 1. The first-order valence-corrected chi connectivity index (χ1v) is 6.17. The van der Waals surface area contributed by atoms with Gasteiger partial charge in [0, 0.05) is 18.3 Å². The molecule has 0 unspecified atom stereocenters. The zero-order valence-corrected chi connectivity index (χ0v) is 11.3. The van der Waals surface area contributed by atoms with Crippen molar-refractivity contribution in [2.45, 2.75) is 6.92 Å². The maximum Gasteiger partial charge on any atom is 0.335 e. The number of hydrogen-bond donors (Lipinski definition) is 1. The van der Waals surface area contributed by atoms with Gasteiger partial charge in [0.1, 0.15) is 0 Å². The lowest BCUT2D eigenvalue weighted by molar-refractivity contribution is 0.0696. The van der Waals surface area contributed by atoms with Crippen molar-refractivity contribution < 1.29 is 14.7 Å². The van der Waals surface area contributed by atoms with Gasteiger partial charge < -0.3 is 10.0 Å². The van der Waals surface area contributed by atoms with Crippen LogP contribution in [0.3, 0.4) is 0 Å². The van der Waals surface area contributed by atoms with Gasteiger partial charge in [-0.3, -0.25) is 4.79 Å². The zero-order chi connectivity index (χ0) is 14.7. The molecule has 0 heterocycles. The Kier molecular flexibility index (Phi) is 3.84. The molecular weight excluding hydrogens is 254 g/mol. The van der Waals surface area contributed by atoms with Gasteiger partial charge in [-0.05, 0) is 42.8 Å². The van der Waals surface area contributed by atoms with E-state index in [1.165, 1.54) is 24.3 Å². The second-order valence-electron chi connectivity index (χ2n) is 4.53. The highest BCUT2D eigenvalue weighted by Gasteiger charge is 2.15. The summed E-state index contributed by atoms with van der Waals surface area (Å²) in [6, 6.07) is 13.5. The number of nitrogens with zero attached hydrogens (tertiary/aromatic N) is 1. The van der Waals surface area contributed by atoms with Crippen molar-refractivity contribution in [2.24, 2.45) is 0 Å². The van der Waals surface area contributed by atoms with E-state index in [1.807, 2.05) is 31.2 Å². The minimum Gasteiger partial charge on any atom is -0.478 e. The molecule has 0 atom stereocenters. The quantitative estimate of drug-likeness (QED) is 0.932. The van der Waals surface area contributed by atoms with Crippen molar-refractivity contribution in [2.75, 3.05) is 11.9 Å². The Labute approximate surface area is 117 Å². The summed E-state index contributed by atoms with van der Waals surface area (Å²) in [6.45, 7) is 1.94. The van der Waals surface area contributed by atoms with E-state index >= 15 is 0 Å². The van der Waals surface area contributed by atoms with Crippen LogP contribution in [0.25, 0.3) is 0 Å². The molecule has 1 amide bonds. The van der Waals surface area contributed by atoms with Gasteiger partial charge in [-0.15, -0.1) is 0 Å². The lowest BCUT2D eigenvalue weighted by Crippen LogP contribution is -2.26. The molecule has 1 N–H and O–H groups in total. The van der Waals surface area contributed by atoms with Crippen LogP contribution in [0.15, 0.2) is 48.5 Å². The third-order valence-electron chi connectivity index (χ3n) is 3.16. The van der Waals surface area contributed by atoms with Crippen LogP contribution in [0, 0.1) is 6.92 Å². The standard InChI is InChI=1S/C16H15NO3/c1-11-5-3-4-6-14(11)17(2)15(18)12-7-9-13(10-8-12)16(19)20/h3-10H,1-2H3,(H,19,20). The molecule has 4 heteroatoms. The highest BCUT2D eigenvalue weighted by molar-refractivity contribution is 6.06. The lowest BCUT2D eigenvalue weighted by Gasteiger charge is -2.19. The van der Waals surface area contributed by atoms with E-state index in [1.54, 1.807) is 11.9 Å². The van der Waals surface area contributed by atoms with E-state index in [4.69, 9.17) is 5.11 Å². The van der Waals surface area contributed by atoms with E-state index in [-0.39, 0.29) is 11.5 Å². The first-order chi connectivity index (χ1) is 9.50. The fourth-order valence-corrected chi connectivity index (χ4v) is 2.00. The first-order valence-electron chi connectivity index (χ1n) is 6.17. The van der Waals surface area contributed by atoms with E-state index in [2.05, 4.69) is 0 Å². The predicted octanol–water partition coefficient (Wildman–Crippen LogP) is 2.97. The van der Waals surface area contributed by atoms with Crippen LogP contribution in [0.2, 0.25) is 0 Å². The summed E-state index contributed by atoms with van der Waals surface area (Å²) >= 11 is 0. The third-order valence-corrected chi connectivity index (χ3v) is 3.16. The van der Waals surface area contributed by atoms with Crippen LogP contribution in [0.4, 0.5) is 5.69 Å². The minimum atomic E-state index is -1.00. The van der Waals surface area contributed by atoms with E-state index < -0.39 is 5.97 Å². The van der Waals surface area contributed by atoms with Gasteiger partial charge in [-0.2, -0.15) is 0 Å². The molecule has 20 heavy (non-hydrogen) atoms. The molecule has 0 aliphatic rings. The number of aryl methyl sites for hydroxylation is 1. The smallest absolute Gasteiger partial charge is 0.335 e. The van der Waals surface area contributed by atoms with Gasteiger partial charge >= 0.3 is 5.97 Å². The van der Waals surface area contributed by atoms with E-state index in [0.717, 1.165) is 11.3 Å². The van der Waals surface area contributed by atoms with Gasteiger partial charge in [0.05, 0.1) is 5.56 Å². The molecule has 0 aromatic heterocycles. The summed E-state index contributed by atoms with van der Waals surface area (Å²) in [5.41, 5.74) is 2.46. The summed E-state index contributed by atoms with van der Waals surface area (Å²) in [7, 11) is 1.70. The second-order valence-corrected chi connectivity index (χ2v) is 4.53. The van der Waals surface area contributed by atoms with Crippen LogP contribution in [0.1, 0.15) is 26.3 Å². The SMILES string of the molecule is Cc1ccccc1N(C)C(=O)c1ccc(C(=O)O)cc1. The molecule has 2 aromatic rings. The molecule has 102 valence electrons. The number of carbonyl (C=O) groups excluding carboxylic acids is 1. The van der Waals surface area contributed by atoms with Gasteiger partial charge in [0.25, 0.3) is 5.91 Å². The summed E-state index contributed by atoms with van der Waals surface area (Å²) in [5, 5.41) is 8.84. The van der Waals surface area contributed by atoms with Crippen LogP contribution in [-0.4, -0.2) is 24.0 Å². The lowest BCUT2D eigenvalue weighted by atomic mass is 10.1. The van der Waals surface area contributed by atoms with Crippen LogP contribution >= 0.6 is 0 Å². The molecule has 0 spiro atoms. The van der Waals surface area contributed by atoms with Crippen molar-refractivity contribution in [1.29, 1.82) is 0 Å². The second kappa shape index (κ2) is 5.57. The van der Waals surface area contributed by atoms with E-state index in [9.17, 15) is 9.59 Å². The fourth-order valence-electron chi connectivity index (χ4n) is 2.00. The van der Waals surface area contributed by atoms with E-state index in [0.29, 0.717) is 5.56 Å². The number of carboxylic acids is 1. The number of carbonyl (C=O) groups is 2. The van der Waals surface area contributed by atoms with Gasteiger partial charge in [0.2, 0.25) is 0 Å². The zero-order valence-electron chi connectivity index (χ0n) is 11.3. The summed E-state index contributed by atoms with van der Waals surface area (Å²) in [5.74, 6) is -1.17. The van der Waals surface area contributed by atoms with Crippen molar-refractivity contribution in [1.82, 2.24) is 0 Å². The first kappa shape index (κ1) is 13.8. The largest absolute Gasteiger partial charge is 0.478 e. The average Bonchev–Trinajstić information content (AvgIpc) is 2.46. The Bertz CT molecular complexity index is 647. The number of rotatable bonds is 3. The monoisotopic (exact) mass is 269 g/mol. The summed E-state index contributed by atoms with van der Waals surface area (Å²) < 4.78 is 0. The topological polar surface area (TPSA) is 57.6 Å². The maximum atomic E-state index is 12.4. The molecule has 0 aliphatic carbocycles. The Balaban J connectivity index is 2.27. The van der Waals surface area contributed by atoms with Crippen molar-refractivity contribution >= 4 is 17.6 Å². The molecule has 2 rings (SSSR count). The Hall–Kier alpha value is -2.62. The number of carboxylic acid groups (broad SMARTS) is 1. The highest BCUT2D eigenvalue weighted by atomic mass is 16.4. The molecule has 4 nitrogen and oxygen atoms in total. The van der Waals surface area contributed by atoms with Crippen molar-refractivity contribution in [3.8, 4) is 0 Å². The van der Waals surface area contributed by atoms with Gasteiger partial charge in [0.15, 0.2) is 0 Å². The number of amides is 1. The minimum absolute atomic E-state index is 0.167. The molecule has 0 saturated heterocycles. The fraction of sp³-hybridized carbons (Fsp3) is 0.125. The summed E-state index contributed by atoms with van der Waals surface area (Å²) in [4.78, 5) is 24.7. The highest BCUT2D eigenvalue weighted by Crippen LogP contribution is 2.20. The normalized spacial score (nSPS) is 10.1.